The van der Waals surface area contributed by atoms with Gasteiger partial charge in [-0.15, -0.1) is 0 Å². The molecule has 2 unspecified atom stereocenters. The minimum absolute atomic E-state index is 0.143. The molecule has 0 N–H and O–H groups in total. The number of nitrogens with zero attached hydrogens (tertiary/aromatic N) is 1. The third-order valence-corrected chi connectivity index (χ3v) is 4.62. The van der Waals surface area contributed by atoms with E-state index in [0.717, 1.165) is 16.2 Å². The normalized spacial score (nSPS) is 23.4. The smallest absolute Gasteiger partial charge is 0.257 e. The van der Waals surface area contributed by atoms with Gasteiger partial charge in [-0.1, -0.05) is 38.8 Å². The van der Waals surface area contributed by atoms with Crippen LogP contribution in [0.1, 0.15) is 23.7 Å². The van der Waals surface area contributed by atoms with Crippen LogP contribution in [-0.2, 0) is 0 Å². The van der Waals surface area contributed by atoms with Gasteiger partial charge >= 0.3 is 0 Å². The van der Waals surface area contributed by atoms with E-state index in [4.69, 9.17) is 0 Å². The molecule has 5 heteroatoms. The van der Waals surface area contributed by atoms with Crippen molar-refractivity contribution in [2.45, 2.75) is 19.4 Å². The maximum atomic E-state index is 13.7. The van der Waals surface area contributed by atoms with E-state index in [1.165, 1.54) is 6.07 Å². The first kappa shape index (κ1) is 14.0. The first-order valence-corrected chi connectivity index (χ1v) is 7.78. The van der Waals surface area contributed by atoms with E-state index in [1.807, 2.05) is 0 Å². The first-order valence-electron chi connectivity index (χ1n) is 5.86. The summed E-state index contributed by atoms with van der Waals surface area (Å²) in [5.74, 6) is -0.234. The van der Waals surface area contributed by atoms with Crippen LogP contribution in [0, 0.1) is 11.7 Å². The minimum atomic E-state index is -0.462. The number of carbonyl (C=O) groups excluding carboxylic acids is 1. The highest BCUT2D eigenvalue weighted by molar-refractivity contribution is 9.10. The number of benzene rings is 1. The molecule has 1 aromatic rings. The molecule has 1 aromatic carbocycles. The molecule has 0 spiro atoms. The van der Waals surface area contributed by atoms with Gasteiger partial charge in [-0.05, 0) is 30.5 Å². The zero-order chi connectivity index (χ0) is 13.3. The number of hydrogen-bond donors (Lipinski definition) is 0. The third-order valence-electron chi connectivity index (χ3n) is 3.46. The Labute approximate surface area is 123 Å². The predicted octanol–water partition coefficient (Wildman–Crippen LogP) is 3.83. The Bertz CT molecular complexity index is 466. The fraction of sp³-hybridized carbons (Fsp3) is 0.462. The van der Waals surface area contributed by atoms with E-state index in [-0.39, 0.29) is 17.5 Å². The third kappa shape index (κ3) is 2.62. The molecule has 1 aliphatic rings. The zero-order valence-corrected chi connectivity index (χ0v) is 13.2. The number of hydrogen-bond acceptors (Lipinski definition) is 1. The largest absolute Gasteiger partial charge is 0.334 e. The predicted molar refractivity (Wildman–Crippen MR) is 76.5 cm³/mol. The van der Waals surface area contributed by atoms with Crippen LogP contribution in [0.15, 0.2) is 22.7 Å². The molecule has 0 saturated carbocycles. The first-order chi connectivity index (χ1) is 8.54. The van der Waals surface area contributed by atoms with Crippen molar-refractivity contribution < 1.29 is 9.18 Å². The van der Waals surface area contributed by atoms with Crippen LogP contribution in [0.3, 0.4) is 0 Å². The highest BCUT2D eigenvalue weighted by atomic mass is 79.9. The van der Waals surface area contributed by atoms with E-state index in [1.54, 1.807) is 17.0 Å². The van der Waals surface area contributed by atoms with Crippen molar-refractivity contribution in [2.75, 3.05) is 11.9 Å². The molecule has 0 aliphatic carbocycles. The van der Waals surface area contributed by atoms with Gasteiger partial charge in [0.05, 0.1) is 5.56 Å². The quantitative estimate of drug-likeness (QED) is 0.716. The van der Waals surface area contributed by atoms with E-state index in [2.05, 4.69) is 38.8 Å². The van der Waals surface area contributed by atoms with Crippen molar-refractivity contribution in [1.29, 1.82) is 0 Å². The lowest BCUT2D eigenvalue weighted by Gasteiger charge is -2.25. The molecule has 2 rings (SSSR count). The summed E-state index contributed by atoms with van der Waals surface area (Å²) in [6.07, 6.45) is 0.970. The number of amides is 1. The lowest BCUT2D eigenvalue weighted by molar-refractivity contribution is 0.0734. The van der Waals surface area contributed by atoms with Crippen LogP contribution in [-0.4, -0.2) is 28.7 Å². The van der Waals surface area contributed by atoms with Gasteiger partial charge in [0.15, 0.2) is 0 Å². The van der Waals surface area contributed by atoms with Gasteiger partial charge in [-0.3, -0.25) is 4.79 Å². The fourth-order valence-electron chi connectivity index (χ4n) is 2.31. The highest BCUT2D eigenvalue weighted by Crippen LogP contribution is 2.28. The van der Waals surface area contributed by atoms with Crippen LogP contribution < -0.4 is 0 Å². The molecule has 0 bridgehead atoms. The van der Waals surface area contributed by atoms with Crippen molar-refractivity contribution in [3.8, 4) is 0 Å². The number of rotatable bonds is 2. The summed E-state index contributed by atoms with van der Waals surface area (Å²) in [7, 11) is 0. The SMILES string of the molecule is CC1CCN(C(=O)c2cc(Br)ccc2F)C1CBr. The molecule has 18 heavy (non-hydrogen) atoms. The Morgan fingerprint density at radius 1 is 1.56 bits per heavy atom. The monoisotopic (exact) mass is 377 g/mol. The highest BCUT2D eigenvalue weighted by Gasteiger charge is 2.34. The zero-order valence-electron chi connectivity index (χ0n) is 10.00. The van der Waals surface area contributed by atoms with Gasteiger partial charge in [-0.25, -0.2) is 4.39 Å². The molecule has 98 valence electrons. The van der Waals surface area contributed by atoms with Crippen LogP contribution >= 0.6 is 31.9 Å². The van der Waals surface area contributed by atoms with Crippen LogP contribution in [0.4, 0.5) is 4.39 Å². The molecule has 2 nitrogen and oxygen atoms in total. The van der Waals surface area contributed by atoms with E-state index >= 15 is 0 Å². The second kappa shape index (κ2) is 5.70. The molecule has 1 saturated heterocycles. The molecule has 1 fully saturated rings. The van der Waals surface area contributed by atoms with Gasteiger partial charge in [0.1, 0.15) is 5.82 Å². The molecule has 2 atom stereocenters. The molecule has 1 aliphatic heterocycles. The Balaban J connectivity index is 2.28. The minimum Gasteiger partial charge on any atom is -0.334 e. The van der Waals surface area contributed by atoms with Crippen molar-refractivity contribution in [1.82, 2.24) is 4.90 Å². The lowest BCUT2D eigenvalue weighted by Crippen LogP contribution is -2.39. The van der Waals surface area contributed by atoms with E-state index < -0.39 is 5.82 Å². The van der Waals surface area contributed by atoms with Gasteiger partial charge in [0.2, 0.25) is 0 Å². The number of halogens is 3. The molecular formula is C13H14Br2FNO. The average molecular weight is 379 g/mol. The van der Waals surface area contributed by atoms with Gasteiger partial charge < -0.3 is 4.90 Å². The summed E-state index contributed by atoms with van der Waals surface area (Å²) in [5, 5.41) is 0.732. The summed E-state index contributed by atoms with van der Waals surface area (Å²) in [6, 6.07) is 4.61. The standard InChI is InChI=1S/C13H14Br2FNO/c1-8-4-5-17(12(8)7-14)13(18)10-6-9(15)2-3-11(10)16/h2-3,6,8,12H,4-5,7H2,1H3. The Morgan fingerprint density at radius 3 is 2.94 bits per heavy atom. The van der Waals surface area contributed by atoms with E-state index in [0.29, 0.717) is 12.5 Å². The Hall–Kier alpha value is -0.420. The molecule has 0 aromatic heterocycles. The lowest BCUT2D eigenvalue weighted by atomic mass is 10.0. The second-order valence-electron chi connectivity index (χ2n) is 4.61. The maximum absolute atomic E-state index is 13.7. The van der Waals surface area contributed by atoms with E-state index in [9.17, 15) is 9.18 Å². The molecule has 1 heterocycles. The number of likely N-dealkylation sites (tertiary alicyclic amines) is 1. The van der Waals surface area contributed by atoms with Gasteiger partial charge in [0, 0.05) is 22.4 Å². The maximum Gasteiger partial charge on any atom is 0.257 e. The summed E-state index contributed by atoms with van der Waals surface area (Å²) < 4.78 is 14.4. The van der Waals surface area contributed by atoms with Gasteiger partial charge in [-0.2, -0.15) is 0 Å². The van der Waals surface area contributed by atoms with Crippen molar-refractivity contribution in [2.24, 2.45) is 5.92 Å². The Morgan fingerprint density at radius 2 is 2.28 bits per heavy atom. The van der Waals surface area contributed by atoms with Crippen molar-refractivity contribution in [3.05, 3.63) is 34.1 Å². The molecule has 1 amide bonds. The van der Waals surface area contributed by atoms with Crippen LogP contribution in [0.25, 0.3) is 0 Å². The summed E-state index contributed by atoms with van der Waals surface area (Å²) in [4.78, 5) is 14.1. The number of carbonyl (C=O) groups is 1. The van der Waals surface area contributed by atoms with Gasteiger partial charge in [0.25, 0.3) is 5.91 Å². The average Bonchev–Trinajstić information content (AvgIpc) is 2.72. The number of alkyl halides is 1. The second-order valence-corrected chi connectivity index (χ2v) is 6.17. The Kier molecular flexibility index (Phi) is 4.43. The summed E-state index contributed by atoms with van der Waals surface area (Å²) in [5.41, 5.74) is 0.143. The molecular weight excluding hydrogens is 365 g/mol. The fourth-order valence-corrected chi connectivity index (χ4v) is 3.66. The van der Waals surface area contributed by atoms with Crippen molar-refractivity contribution >= 4 is 37.8 Å². The topological polar surface area (TPSA) is 20.3 Å². The van der Waals surface area contributed by atoms with Crippen molar-refractivity contribution in [3.63, 3.8) is 0 Å². The summed E-state index contributed by atoms with van der Waals surface area (Å²) in [6.45, 7) is 2.82. The summed E-state index contributed by atoms with van der Waals surface area (Å²) >= 11 is 6.70. The molecule has 0 radical (unpaired) electrons. The van der Waals surface area contributed by atoms with Crippen LogP contribution in [0.2, 0.25) is 0 Å². The van der Waals surface area contributed by atoms with Crippen LogP contribution in [0.5, 0.6) is 0 Å².